The highest BCUT2D eigenvalue weighted by molar-refractivity contribution is 5.88. The molecule has 1 aromatic heterocycles. The van der Waals surface area contributed by atoms with Gasteiger partial charge in [-0.1, -0.05) is 20.3 Å². The quantitative estimate of drug-likeness (QED) is 0.596. The van der Waals surface area contributed by atoms with Gasteiger partial charge in [0.05, 0.1) is 5.56 Å². The van der Waals surface area contributed by atoms with Crippen molar-refractivity contribution in [3.8, 4) is 0 Å². The maximum Gasteiger partial charge on any atom is 0.358 e. The lowest BCUT2D eigenvalue weighted by atomic mass is 10.0. The molecule has 0 aliphatic rings. The number of rotatable bonds is 6. The van der Waals surface area contributed by atoms with E-state index in [0.717, 1.165) is 12.7 Å². The van der Waals surface area contributed by atoms with E-state index in [2.05, 4.69) is 10.5 Å². The molecule has 17 heavy (non-hydrogen) atoms. The molecule has 0 saturated carbocycles. The number of nitrogens with zero attached hydrogens (tertiary/aromatic N) is 1. The maximum atomic E-state index is 11.5. The molecule has 92 valence electrons. The van der Waals surface area contributed by atoms with Crippen LogP contribution in [0, 0.1) is 5.92 Å². The normalized spacial score (nSPS) is 13.8. The maximum absolute atomic E-state index is 11.5. The van der Waals surface area contributed by atoms with Crippen molar-refractivity contribution < 1.29 is 14.4 Å². The van der Waals surface area contributed by atoms with Gasteiger partial charge in [-0.25, -0.2) is 4.79 Å². The van der Waals surface area contributed by atoms with E-state index in [1.807, 2.05) is 13.8 Å². The van der Waals surface area contributed by atoms with E-state index in [-0.39, 0.29) is 5.92 Å². The Labute approximate surface area is 100 Å². The summed E-state index contributed by atoms with van der Waals surface area (Å²) in [5.41, 5.74) is 2.81. The van der Waals surface area contributed by atoms with Gasteiger partial charge >= 0.3 is 5.97 Å². The van der Waals surface area contributed by atoms with Crippen LogP contribution in [0.5, 0.6) is 0 Å². The second-order valence-corrected chi connectivity index (χ2v) is 3.80. The average Bonchev–Trinajstić information content (AvgIpc) is 2.39. The van der Waals surface area contributed by atoms with Crippen molar-refractivity contribution in [1.82, 2.24) is 10.5 Å². The Morgan fingerprint density at radius 2 is 2.41 bits per heavy atom. The van der Waals surface area contributed by atoms with Gasteiger partial charge in [0.25, 0.3) is 0 Å². The zero-order valence-corrected chi connectivity index (χ0v) is 9.92. The van der Waals surface area contributed by atoms with Crippen LogP contribution in [0.1, 0.15) is 30.6 Å². The number of carbonyl (C=O) groups is 2. The summed E-state index contributed by atoms with van der Waals surface area (Å²) in [6.07, 6.45) is 4.53. The first-order valence-corrected chi connectivity index (χ1v) is 5.51. The summed E-state index contributed by atoms with van der Waals surface area (Å²) >= 11 is 0. The van der Waals surface area contributed by atoms with Crippen LogP contribution in [0.25, 0.3) is 0 Å². The number of hydroxylamine groups is 1. The summed E-state index contributed by atoms with van der Waals surface area (Å²) in [5.74, 6) is -0.442. The molecule has 5 heteroatoms. The molecule has 0 fully saturated rings. The van der Waals surface area contributed by atoms with Gasteiger partial charge in [-0.15, -0.1) is 5.48 Å². The Morgan fingerprint density at radius 3 is 2.94 bits per heavy atom. The lowest BCUT2D eigenvalue weighted by Gasteiger charge is -2.17. The van der Waals surface area contributed by atoms with E-state index in [9.17, 15) is 9.59 Å². The smallest absolute Gasteiger partial charge is 0.358 e. The topological polar surface area (TPSA) is 68.3 Å². The van der Waals surface area contributed by atoms with Crippen LogP contribution in [0.4, 0.5) is 0 Å². The molecule has 0 unspecified atom stereocenters. The first-order chi connectivity index (χ1) is 8.19. The third kappa shape index (κ3) is 3.96. The first-order valence-electron chi connectivity index (χ1n) is 5.51. The number of aromatic nitrogens is 1. The van der Waals surface area contributed by atoms with Gasteiger partial charge in [0.2, 0.25) is 0 Å². The van der Waals surface area contributed by atoms with Crippen molar-refractivity contribution in [2.24, 2.45) is 5.92 Å². The van der Waals surface area contributed by atoms with Gasteiger partial charge in [-0.05, 0) is 18.1 Å². The highest BCUT2D eigenvalue weighted by Gasteiger charge is 2.17. The standard InChI is InChI=1S/C12H16N2O3/c1-3-9(2)11(8-15)14-17-12(16)10-5-4-6-13-7-10/h4-9,11,14H,3H2,1-2H3/t9-,11+/m0/s1. The van der Waals surface area contributed by atoms with E-state index in [4.69, 9.17) is 4.84 Å². The molecule has 1 heterocycles. The molecule has 0 amide bonds. The van der Waals surface area contributed by atoms with Crippen LogP contribution in [0.2, 0.25) is 0 Å². The van der Waals surface area contributed by atoms with Gasteiger partial charge in [-0.3, -0.25) is 4.98 Å². The average molecular weight is 236 g/mol. The molecule has 1 N–H and O–H groups in total. The predicted octanol–water partition coefficient (Wildman–Crippen LogP) is 1.36. The number of aldehydes is 1. The fourth-order valence-corrected chi connectivity index (χ4v) is 1.20. The fraction of sp³-hybridized carbons (Fsp3) is 0.417. The van der Waals surface area contributed by atoms with Crippen LogP contribution in [0.3, 0.4) is 0 Å². The van der Waals surface area contributed by atoms with E-state index in [1.165, 1.54) is 6.20 Å². The van der Waals surface area contributed by atoms with Gasteiger partial charge in [0.15, 0.2) is 0 Å². The molecule has 0 radical (unpaired) electrons. The van der Waals surface area contributed by atoms with E-state index >= 15 is 0 Å². The number of nitrogens with one attached hydrogen (secondary N) is 1. The van der Waals surface area contributed by atoms with Crippen molar-refractivity contribution in [1.29, 1.82) is 0 Å². The van der Waals surface area contributed by atoms with E-state index in [0.29, 0.717) is 5.56 Å². The van der Waals surface area contributed by atoms with Crippen molar-refractivity contribution in [3.05, 3.63) is 30.1 Å². The Balaban J connectivity index is 2.50. The van der Waals surface area contributed by atoms with Crippen LogP contribution >= 0.6 is 0 Å². The van der Waals surface area contributed by atoms with Gasteiger partial charge in [0.1, 0.15) is 12.3 Å². The predicted molar refractivity (Wildman–Crippen MR) is 62.1 cm³/mol. The van der Waals surface area contributed by atoms with Crippen molar-refractivity contribution in [3.63, 3.8) is 0 Å². The number of carbonyl (C=O) groups excluding carboxylic acids is 2. The molecule has 0 saturated heterocycles. The van der Waals surface area contributed by atoms with Gasteiger partial charge in [0, 0.05) is 12.4 Å². The minimum absolute atomic E-state index is 0.106. The summed E-state index contributed by atoms with van der Waals surface area (Å²) in [6.45, 7) is 3.87. The molecular formula is C12H16N2O3. The summed E-state index contributed by atoms with van der Waals surface area (Å²) in [4.78, 5) is 31.0. The molecule has 1 aromatic rings. The third-order valence-electron chi connectivity index (χ3n) is 2.59. The monoisotopic (exact) mass is 236 g/mol. The highest BCUT2D eigenvalue weighted by Crippen LogP contribution is 2.06. The first kappa shape index (κ1) is 13.3. The van der Waals surface area contributed by atoms with Crippen LogP contribution in [-0.4, -0.2) is 23.3 Å². The summed E-state index contributed by atoms with van der Waals surface area (Å²) in [6, 6.07) is 2.75. The number of hydrogen-bond donors (Lipinski definition) is 1. The largest absolute Gasteiger partial charge is 0.366 e. The molecule has 0 spiro atoms. The summed E-state index contributed by atoms with van der Waals surface area (Å²) in [7, 11) is 0. The van der Waals surface area contributed by atoms with Gasteiger partial charge < -0.3 is 9.63 Å². The third-order valence-corrected chi connectivity index (χ3v) is 2.59. The van der Waals surface area contributed by atoms with Crippen LogP contribution < -0.4 is 5.48 Å². The molecule has 0 aliphatic heterocycles. The van der Waals surface area contributed by atoms with Crippen molar-refractivity contribution >= 4 is 12.3 Å². The molecule has 0 aliphatic carbocycles. The van der Waals surface area contributed by atoms with E-state index in [1.54, 1.807) is 18.3 Å². The van der Waals surface area contributed by atoms with E-state index < -0.39 is 12.0 Å². The zero-order valence-electron chi connectivity index (χ0n) is 9.92. The number of hydrogen-bond acceptors (Lipinski definition) is 5. The Hall–Kier alpha value is -1.75. The lowest BCUT2D eigenvalue weighted by molar-refractivity contribution is -0.113. The molecule has 2 atom stereocenters. The Kier molecular flexibility index (Phi) is 5.29. The van der Waals surface area contributed by atoms with Crippen molar-refractivity contribution in [2.75, 3.05) is 0 Å². The van der Waals surface area contributed by atoms with Crippen LogP contribution in [-0.2, 0) is 9.63 Å². The Morgan fingerprint density at radius 1 is 1.65 bits per heavy atom. The second kappa shape index (κ2) is 6.75. The van der Waals surface area contributed by atoms with Gasteiger partial charge in [-0.2, -0.15) is 0 Å². The summed E-state index contributed by atoms with van der Waals surface area (Å²) < 4.78 is 0. The molecular weight excluding hydrogens is 220 g/mol. The van der Waals surface area contributed by atoms with Crippen LogP contribution in [0.15, 0.2) is 24.5 Å². The molecule has 5 nitrogen and oxygen atoms in total. The Bertz CT molecular complexity index is 367. The molecule has 0 aromatic carbocycles. The molecule has 1 rings (SSSR count). The zero-order chi connectivity index (χ0) is 12.7. The fourth-order valence-electron chi connectivity index (χ4n) is 1.20. The summed E-state index contributed by atoms with van der Waals surface area (Å²) in [5, 5.41) is 0. The minimum atomic E-state index is -0.548. The van der Waals surface area contributed by atoms with Crippen molar-refractivity contribution in [2.45, 2.75) is 26.3 Å². The number of pyridine rings is 1. The molecule has 0 bridgehead atoms. The lowest BCUT2D eigenvalue weighted by Crippen LogP contribution is -2.37. The second-order valence-electron chi connectivity index (χ2n) is 3.80. The minimum Gasteiger partial charge on any atom is -0.366 e. The SMILES string of the molecule is CC[C@H](C)[C@@H](C=O)NOC(=O)c1cccnc1. The highest BCUT2D eigenvalue weighted by atomic mass is 16.7.